The molecule has 0 heterocycles. The van der Waals surface area contributed by atoms with Crippen LogP contribution in [0.25, 0.3) is 0 Å². The zero-order chi connectivity index (χ0) is 7.02. The van der Waals surface area contributed by atoms with E-state index in [1.807, 2.05) is 0 Å². The summed E-state index contributed by atoms with van der Waals surface area (Å²) in [5.74, 6) is 2.89. The number of hydrogen-bond donors (Lipinski definition) is 1. The maximum atomic E-state index is 8.84. The summed E-state index contributed by atoms with van der Waals surface area (Å²) in [7, 11) is 0. The molecule has 0 radical (unpaired) electrons. The summed E-state index contributed by atoms with van der Waals surface area (Å²) in [6, 6.07) is 0. The summed E-state index contributed by atoms with van der Waals surface area (Å²) in [4.78, 5) is 0. The van der Waals surface area contributed by atoms with E-state index in [1.54, 1.807) is 0 Å². The van der Waals surface area contributed by atoms with Crippen LogP contribution in [0, 0.1) is 23.7 Å². The largest absolute Gasteiger partial charge is 0.396 e. The number of aliphatic hydroxyl groups excluding tert-OH is 1. The van der Waals surface area contributed by atoms with Crippen LogP contribution in [0.1, 0.15) is 20.8 Å². The molecule has 1 nitrogen and oxygen atoms in total. The Morgan fingerprint density at radius 3 is 1.67 bits per heavy atom. The molecule has 0 aromatic carbocycles. The van der Waals surface area contributed by atoms with Crippen LogP contribution < -0.4 is 0 Å². The van der Waals surface area contributed by atoms with Crippen LogP contribution in [0.4, 0.5) is 0 Å². The lowest BCUT2D eigenvalue weighted by Crippen LogP contribution is -2.43. The maximum absolute atomic E-state index is 8.84. The molecule has 0 amide bonds. The minimum Gasteiger partial charge on any atom is -0.396 e. The van der Waals surface area contributed by atoms with Gasteiger partial charge < -0.3 is 5.11 Å². The van der Waals surface area contributed by atoms with Crippen molar-refractivity contribution in [1.29, 1.82) is 0 Å². The van der Waals surface area contributed by atoms with E-state index in [0.29, 0.717) is 12.5 Å². The first-order chi connectivity index (χ1) is 4.18. The molecule has 1 heteroatoms. The summed E-state index contributed by atoms with van der Waals surface area (Å²) in [5.41, 5.74) is 0. The summed E-state index contributed by atoms with van der Waals surface area (Å²) in [5, 5.41) is 8.84. The summed E-state index contributed by atoms with van der Waals surface area (Å²) in [6.45, 7) is 7.10. The van der Waals surface area contributed by atoms with Gasteiger partial charge in [-0.15, -0.1) is 0 Å². The molecule has 0 aromatic heterocycles. The predicted molar refractivity (Wildman–Crippen MR) is 38.1 cm³/mol. The van der Waals surface area contributed by atoms with Crippen molar-refractivity contribution < 1.29 is 5.11 Å². The molecule has 0 bridgehead atoms. The molecular formula is C8H16O. The Bertz CT molecular complexity index is 90.7. The molecule has 1 N–H and O–H groups in total. The standard InChI is InChI=1S/C8H16O/c1-5-6(2)8(4-9)7(5)3/h5-9H,4H2,1-3H3/t5?,6-,7-,8?/m1/s1. The van der Waals surface area contributed by atoms with Gasteiger partial charge in [-0.25, -0.2) is 0 Å². The highest BCUT2D eigenvalue weighted by atomic mass is 16.3. The summed E-state index contributed by atoms with van der Waals surface area (Å²) in [6.07, 6.45) is 0. The highest BCUT2D eigenvalue weighted by Gasteiger charge is 2.40. The molecule has 0 aliphatic heterocycles. The van der Waals surface area contributed by atoms with E-state index in [0.717, 1.165) is 17.8 Å². The Labute approximate surface area is 57.1 Å². The van der Waals surface area contributed by atoms with Gasteiger partial charge in [-0.2, -0.15) is 0 Å². The lowest BCUT2D eigenvalue weighted by molar-refractivity contribution is -0.0231. The molecule has 1 rings (SSSR count). The smallest absolute Gasteiger partial charge is 0.0464 e. The molecule has 1 saturated carbocycles. The van der Waals surface area contributed by atoms with E-state index in [9.17, 15) is 0 Å². The average molecular weight is 128 g/mol. The van der Waals surface area contributed by atoms with Gasteiger partial charge in [0.2, 0.25) is 0 Å². The van der Waals surface area contributed by atoms with E-state index in [2.05, 4.69) is 20.8 Å². The van der Waals surface area contributed by atoms with Crippen LogP contribution in [0.3, 0.4) is 0 Å². The second-order valence-electron chi connectivity index (χ2n) is 3.42. The number of rotatable bonds is 1. The van der Waals surface area contributed by atoms with Crippen molar-refractivity contribution in [1.82, 2.24) is 0 Å². The van der Waals surface area contributed by atoms with Crippen molar-refractivity contribution in [2.75, 3.05) is 6.61 Å². The topological polar surface area (TPSA) is 20.2 Å². The molecule has 2 atom stereocenters. The Morgan fingerprint density at radius 1 is 1.00 bits per heavy atom. The van der Waals surface area contributed by atoms with Gasteiger partial charge in [0.1, 0.15) is 0 Å². The second-order valence-corrected chi connectivity index (χ2v) is 3.42. The number of hydrogen-bond acceptors (Lipinski definition) is 1. The van der Waals surface area contributed by atoms with Gasteiger partial charge in [0.15, 0.2) is 0 Å². The van der Waals surface area contributed by atoms with Gasteiger partial charge in [0, 0.05) is 6.61 Å². The Kier molecular flexibility index (Phi) is 1.80. The minimum absolute atomic E-state index is 0.382. The SMILES string of the molecule is CC1[C@@H](C)C(CO)[C@@H]1C. The molecular weight excluding hydrogens is 112 g/mol. The van der Waals surface area contributed by atoms with Crippen molar-refractivity contribution in [2.45, 2.75) is 20.8 Å². The fraction of sp³-hybridized carbons (Fsp3) is 1.00. The van der Waals surface area contributed by atoms with Gasteiger partial charge in [-0.3, -0.25) is 0 Å². The van der Waals surface area contributed by atoms with Crippen molar-refractivity contribution in [3.63, 3.8) is 0 Å². The van der Waals surface area contributed by atoms with Crippen LogP contribution in [-0.4, -0.2) is 11.7 Å². The third kappa shape index (κ3) is 0.877. The van der Waals surface area contributed by atoms with Crippen LogP contribution >= 0.6 is 0 Å². The van der Waals surface area contributed by atoms with Gasteiger partial charge in [-0.1, -0.05) is 20.8 Å². The van der Waals surface area contributed by atoms with Crippen molar-refractivity contribution in [2.24, 2.45) is 23.7 Å². The molecule has 0 saturated heterocycles. The van der Waals surface area contributed by atoms with Gasteiger partial charge in [0.05, 0.1) is 0 Å². The zero-order valence-electron chi connectivity index (χ0n) is 6.46. The molecule has 0 unspecified atom stereocenters. The summed E-state index contributed by atoms with van der Waals surface area (Å²) < 4.78 is 0. The Morgan fingerprint density at radius 2 is 1.44 bits per heavy atom. The minimum atomic E-state index is 0.382. The van der Waals surface area contributed by atoms with E-state index in [4.69, 9.17) is 5.11 Å². The van der Waals surface area contributed by atoms with Crippen LogP contribution in [-0.2, 0) is 0 Å². The molecule has 54 valence electrons. The summed E-state index contributed by atoms with van der Waals surface area (Å²) >= 11 is 0. The fourth-order valence-corrected chi connectivity index (χ4v) is 1.92. The zero-order valence-corrected chi connectivity index (χ0v) is 6.46. The number of aliphatic hydroxyl groups is 1. The Balaban J connectivity index is 2.41. The van der Waals surface area contributed by atoms with E-state index >= 15 is 0 Å². The molecule has 1 fully saturated rings. The van der Waals surface area contributed by atoms with Crippen molar-refractivity contribution in [3.8, 4) is 0 Å². The first kappa shape index (κ1) is 7.07. The first-order valence-electron chi connectivity index (χ1n) is 3.79. The van der Waals surface area contributed by atoms with Gasteiger partial charge >= 0.3 is 0 Å². The third-order valence-corrected chi connectivity index (χ3v) is 3.22. The molecule has 1 aliphatic carbocycles. The third-order valence-electron chi connectivity index (χ3n) is 3.22. The Hall–Kier alpha value is -0.0400. The molecule has 0 aromatic rings. The fourth-order valence-electron chi connectivity index (χ4n) is 1.92. The molecule has 1 aliphatic rings. The van der Waals surface area contributed by atoms with E-state index < -0.39 is 0 Å². The predicted octanol–water partition coefficient (Wildman–Crippen LogP) is 1.52. The van der Waals surface area contributed by atoms with Crippen LogP contribution in [0.5, 0.6) is 0 Å². The first-order valence-corrected chi connectivity index (χ1v) is 3.79. The maximum Gasteiger partial charge on any atom is 0.0464 e. The monoisotopic (exact) mass is 128 g/mol. The van der Waals surface area contributed by atoms with Gasteiger partial charge in [0.25, 0.3) is 0 Å². The quantitative estimate of drug-likeness (QED) is 0.567. The second kappa shape index (κ2) is 2.30. The lowest BCUT2D eigenvalue weighted by atomic mass is 9.59. The van der Waals surface area contributed by atoms with Crippen molar-refractivity contribution in [3.05, 3.63) is 0 Å². The molecule has 9 heavy (non-hydrogen) atoms. The van der Waals surface area contributed by atoms with Crippen molar-refractivity contribution >= 4 is 0 Å². The van der Waals surface area contributed by atoms with E-state index in [-0.39, 0.29) is 0 Å². The van der Waals surface area contributed by atoms with Gasteiger partial charge in [-0.05, 0) is 23.7 Å². The highest BCUT2D eigenvalue weighted by molar-refractivity contribution is 4.89. The average Bonchev–Trinajstić information content (AvgIpc) is 1.89. The normalized spacial score (nSPS) is 50.7. The lowest BCUT2D eigenvalue weighted by Gasteiger charge is -2.46. The van der Waals surface area contributed by atoms with Crippen LogP contribution in [0.2, 0.25) is 0 Å². The highest BCUT2D eigenvalue weighted by Crippen LogP contribution is 2.44. The van der Waals surface area contributed by atoms with E-state index in [1.165, 1.54) is 0 Å². The molecule has 0 spiro atoms. The van der Waals surface area contributed by atoms with Crippen LogP contribution in [0.15, 0.2) is 0 Å².